The van der Waals surface area contributed by atoms with E-state index in [9.17, 15) is 0 Å². The normalized spacial score (nSPS) is 20.9. The second-order valence-corrected chi connectivity index (χ2v) is 5.72. The Bertz CT molecular complexity index is 407. The first-order valence-electron chi connectivity index (χ1n) is 8.07. The van der Waals surface area contributed by atoms with E-state index in [2.05, 4.69) is 47.0 Å². The highest BCUT2D eigenvalue weighted by Gasteiger charge is 2.28. The first-order valence-corrected chi connectivity index (χ1v) is 8.07. The first-order chi connectivity index (χ1) is 9.76. The summed E-state index contributed by atoms with van der Waals surface area (Å²) in [6, 6.07) is 3.22. The molecule has 2 unspecified atom stereocenters. The minimum Gasteiger partial charge on any atom is -0.352 e. The summed E-state index contributed by atoms with van der Waals surface area (Å²) in [5.41, 5.74) is 1.13. The number of anilines is 1. The summed E-state index contributed by atoms with van der Waals surface area (Å²) >= 11 is 0. The molecule has 0 amide bonds. The van der Waals surface area contributed by atoms with E-state index in [1.807, 2.05) is 0 Å². The molecule has 1 aromatic heterocycles. The predicted octanol–water partition coefficient (Wildman–Crippen LogP) is 2.79. The lowest BCUT2D eigenvalue weighted by Gasteiger charge is -2.40. The van der Waals surface area contributed by atoms with Crippen molar-refractivity contribution in [3.05, 3.63) is 18.1 Å². The van der Waals surface area contributed by atoms with Crippen molar-refractivity contribution in [2.45, 2.75) is 65.0 Å². The Balaban J connectivity index is 2.13. The predicted molar refractivity (Wildman–Crippen MR) is 84.2 cm³/mol. The molecule has 0 spiro atoms. The third-order valence-corrected chi connectivity index (χ3v) is 4.21. The molecule has 0 radical (unpaired) electrons. The Morgan fingerprint density at radius 3 is 2.95 bits per heavy atom. The largest absolute Gasteiger partial charge is 0.352 e. The monoisotopic (exact) mass is 276 g/mol. The van der Waals surface area contributed by atoms with Crippen LogP contribution in [-0.2, 0) is 6.42 Å². The summed E-state index contributed by atoms with van der Waals surface area (Å²) in [4.78, 5) is 11.3. The van der Waals surface area contributed by atoms with Crippen LogP contribution in [0.2, 0.25) is 0 Å². The number of rotatable bonds is 6. The van der Waals surface area contributed by atoms with Crippen molar-refractivity contribution in [1.29, 1.82) is 0 Å². The van der Waals surface area contributed by atoms with Gasteiger partial charge in [-0.25, -0.2) is 9.97 Å². The van der Waals surface area contributed by atoms with E-state index in [0.717, 1.165) is 31.0 Å². The van der Waals surface area contributed by atoms with E-state index in [1.165, 1.54) is 25.7 Å². The molecule has 112 valence electrons. The lowest BCUT2D eigenvalue weighted by Crippen LogP contribution is -2.51. The van der Waals surface area contributed by atoms with Gasteiger partial charge in [0.15, 0.2) is 0 Å². The van der Waals surface area contributed by atoms with Gasteiger partial charge in [0, 0.05) is 30.4 Å². The van der Waals surface area contributed by atoms with Crippen LogP contribution in [-0.4, -0.2) is 35.1 Å². The average molecular weight is 276 g/mol. The zero-order valence-corrected chi connectivity index (χ0v) is 13.1. The summed E-state index contributed by atoms with van der Waals surface area (Å²) in [6.45, 7) is 8.88. The van der Waals surface area contributed by atoms with Crippen LogP contribution in [0, 0.1) is 0 Å². The third kappa shape index (κ3) is 3.69. The van der Waals surface area contributed by atoms with Gasteiger partial charge in [-0.15, -0.1) is 0 Å². The number of aromatic nitrogens is 2. The smallest absolute Gasteiger partial charge is 0.132 e. The van der Waals surface area contributed by atoms with Crippen molar-refractivity contribution in [3.8, 4) is 0 Å². The Kier molecular flexibility index (Phi) is 5.77. The van der Waals surface area contributed by atoms with Gasteiger partial charge >= 0.3 is 0 Å². The molecule has 1 fully saturated rings. The minimum atomic E-state index is 0.510. The molecule has 4 nitrogen and oxygen atoms in total. The molecule has 2 atom stereocenters. The van der Waals surface area contributed by atoms with Gasteiger partial charge in [0.05, 0.1) is 0 Å². The van der Waals surface area contributed by atoms with E-state index < -0.39 is 0 Å². The van der Waals surface area contributed by atoms with Crippen molar-refractivity contribution in [2.24, 2.45) is 0 Å². The molecule has 1 N–H and O–H groups in total. The zero-order valence-electron chi connectivity index (χ0n) is 13.1. The van der Waals surface area contributed by atoms with E-state index in [0.29, 0.717) is 12.1 Å². The van der Waals surface area contributed by atoms with Crippen LogP contribution in [0.3, 0.4) is 0 Å². The standard InChI is InChI=1S/C16H28N4/c1-4-9-17-13(3)15-8-6-7-10-20(15)16-11-14(5-2)18-12-19-16/h11-13,15,17H,4-10H2,1-3H3. The van der Waals surface area contributed by atoms with Crippen LogP contribution in [0.5, 0.6) is 0 Å². The second-order valence-electron chi connectivity index (χ2n) is 5.72. The Morgan fingerprint density at radius 2 is 2.20 bits per heavy atom. The van der Waals surface area contributed by atoms with Crippen molar-refractivity contribution in [3.63, 3.8) is 0 Å². The van der Waals surface area contributed by atoms with Crippen LogP contribution >= 0.6 is 0 Å². The molecule has 1 saturated heterocycles. The van der Waals surface area contributed by atoms with Crippen LogP contribution in [0.1, 0.15) is 52.1 Å². The minimum absolute atomic E-state index is 0.510. The van der Waals surface area contributed by atoms with Gasteiger partial charge in [-0.05, 0) is 45.6 Å². The lowest BCUT2D eigenvalue weighted by molar-refractivity contribution is 0.366. The van der Waals surface area contributed by atoms with Gasteiger partial charge in [-0.1, -0.05) is 13.8 Å². The molecule has 2 rings (SSSR count). The molecule has 1 aromatic rings. The second kappa shape index (κ2) is 7.58. The summed E-state index contributed by atoms with van der Waals surface area (Å²) in [7, 11) is 0. The summed E-state index contributed by atoms with van der Waals surface area (Å²) in [5, 5.41) is 3.65. The van der Waals surface area contributed by atoms with Gasteiger partial charge < -0.3 is 10.2 Å². The molecule has 0 aliphatic carbocycles. The number of nitrogens with one attached hydrogen (secondary N) is 1. The number of hydrogen-bond acceptors (Lipinski definition) is 4. The average Bonchev–Trinajstić information content (AvgIpc) is 2.52. The number of nitrogens with zero attached hydrogens (tertiary/aromatic N) is 3. The quantitative estimate of drug-likeness (QED) is 0.867. The van der Waals surface area contributed by atoms with Crippen molar-refractivity contribution in [2.75, 3.05) is 18.0 Å². The molecule has 1 aliphatic rings. The van der Waals surface area contributed by atoms with Gasteiger partial charge in [0.2, 0.25) is 0 Å². The molecule has 0 saturated carbocycles. The van der Waals surface area contributed by atoms with Crippen LogP contribution in [0.4, 0.5) is 5.82 Å². The number of piperidine rings is 1. The maximum absolute atomic E-state index is 4.51. The third-order valence-electron chi connectivity index (χ3n) is 4.21. The summed E-state index contributed by atoms with van der Waals surface area (Å²) in [5.74, 6) is 1.10. The van der Waals surface area contributed by atoms with Crippen molar-refractivity contribution in [1.82, 2.24) is 15.3 Å². The fourth-order valence-corrected chi connectivity index (χ4v) is 3.01. The van der Waals surface area contributed by atoms with Gasteiger partial charge in [0.1, 0.15) is 12.1 Å². The fourth-order valence-electron chi connectivity index (χ4n) is 3.01. The van der Waals surface area contributed by atoms with Crippen molar-refractivity contribution < 1.29 is 0 Å². The number of hydrogen-bond donors (Lipinski definition) is 1. The van der Waals surface area contributed by atoms with Crippen molar-refractivity contribution >= 4 is 5.82 Å². The molecule has 2 heterocycles. The molecule has 1 aliphatic heterocycles. The maximum atomic E-state index is 4.51. The van der Waals surface area contributed by atoms with Gasteiger partial charge in [0.25, 0.3) is 0 Å². The van der Waals surface area contributed by atoms with Crippen LogP contribution in [0.25, 0.3) is 0 Å². The molecular formula is C16H28N4. The van der Waals surface area contributed by atoms with Gasteiger partial charge in [-0.3, -0.25) is 0 Å². The highest BCUT2D eigenvalue weighted by atomic mass is 15.2. The Hall–Kier alpha value is -1.16. The Labute approximate surface area is 123 Å². The summed E-state index contributed by atoms with van der Waals surface area (Å²) < 4.78 is 0. The van der Waals surface area contributed by atoms with Crippen LogP contribution < -0.4 is 10.2 Å². The molecule has 0 bridgehead atoms. The summed E-state index contributed by atoms with van der Waals surface area (Å²) in [6.07, 6.45) is 7.71. The van der Waals surface area contributed by atoms with E-state index >= 15 is 0 Å². The SMILES string of the molecule is CCCNC(C)C1CCCCN1c1cc(CC)ncn1. The molecule has 0 aromatic carbocycles. The van der Waals surface area contributed by atoms with E-state index in [-0.39, 0.29) is 0 Å². The first kappa shape index (κ1) is 15.2. The molecule has 4 heteroatoms. The zero-order chi connectivity index (χ0) is 14.4. The lowest BCUT2D eigenvalue weighted by atomic mass is 9.96. The van der Waals surface area contributed by atoms with Crippen LogP contribution in [0.15, 0.2) is 12.4 Å². The Morgan fingerprint density at radius 1 is 1.35 bits per heavy atom. The number of aryl methyl sites for hydroxylation is 1. The fraction of sp³-hybridized carbons (Fsp3) is 0.750. The highest BCUT2D eigenvalue weighted by molar-refractivity contribution is 5.41. The molecule has 20 heavy (non-hydrogen) atoms. The van der Waals surface area contributed by atoms with E-state index in [4.69, 9.17) is 0 Å². The molecular weight excluding hydrogens is 248 g/mol. The topological polar surface area (TPSA) is 41.0 Å². The maximum Gasteiger partial charge on any atom is 0.132 e. The van der Waals surface area contributed by atoms with Gasteiger partial charge in [-0.2, -0.15) is 0 Å². The highest BCUT2D eigenvalue weighted by Crippen LogP contribution is 2.25. The van der Waals surface area contributed by atoms with E-state index in [1.54, 1.807) is 6.33 Å².